The summed E-state index contributed by atoms with van der Waals surface area (Å²) < 4.78 is 0. The van der Waals surface area contributed by atoms with Crippen molar-refractivity contribution in [3.63, 3.8) is 0 Å². The Morgan fingerprint density at radius 3 is 2.76 bits per heavy atom. The molecule has 1 aliphatic heterocycles. The molecule has 130 valence electrons. The first kappa shape index (κ1) is 17.0. The fraction of sp³-hybridized carbons (Fsp3) is 0.316. The number of fused-ring (bicyclic) bond motifs is 1. The number of rotatable bonds is 4. The summed E-state index contributed by atoms with van der Waals surface area (Å²) in [5, 5.41) is 2.90. The van der Waals surface area contributed by atoms with E-state index in [4.69, 9.17) is 0 Å². The molecule has 0 aliphatic carbocycles. The van der Waals surface area contributed by atoms with Gasteiger partial charge in [-0.3, -0.25) is 14.4 Å². The largest absolute Gasteiger partial charge is 0.354 e. The third-order valence-electron chi connectivity index (χ3n) is 4.52. The van der Waals surface area contributed by atoms with Crippen molar-refractivity contribution in [2.24, 2.45) is 0 Å². The molecule has 0 spiro atoms. The maximum absolute atomic E-state index is 12.9. The predicted octanol–water partition coefficient (Wildman–Crippen LogP) is 1.64. The highest BCUT2D eigenvalue weighted by Crippen LogP contribution is 2.30. The number of hydrogen-bond acceptors (Lipinski definition) is 3. The molecule has 0 saturated carbocycles. The Morgan fingerprint density at radius 2 is 2.04 bits per heavy atom. The van der Waals surface area contributed by atoms with Crippen LogP contribution in [0.2, 0.25) is 0 Å². The Balaban J connectivity index is 1.90. The summed E-state index contributed by atoms with van der Waals surface area (Å²) in [4.78, 5) is 40.2. The second kappa shape index (κ2) is 7.34. The number of carbonyl (C=O) groups is 2. The Labute approximate surface area is 145 Å². The van der Waals surface area contributed by atoms with Gasteiger partial charge in [0, 0.05) is 31.8 Å². The zero-order chi connectivity index (χ0) is 17.8. The first-order chi connectivity index (χ1) is 12.1. The second-order valence-electron chi connectivity index (χ2n) is 6.06. The average molecular weight is 339 g/mol. The standard InChI is InChI=1S/C19H21N3O3/c1-2-17(23)21-12-16-15-6-4-3-5-13(15)9-10-22(16)19(25)14-7-8-18(24)20-11-14/h3-8,11,16H,2,9-10,12H2,1H3,(H,20,24)(H,21,23). The summed E-state index contributed by atoms with van der Waals surface area (Å²) in [5.74, 6) is -0.194. The number of benzene rings is 1. The van der Waals surface area contributed by atoms with Crippen LogP contribution < -0.4 is 10.9 Å². The Bertz CT molecular complexity index is 823. The highest BCUT2D eigenvalue weighted by molar-refractivity contribution is 5.94. The minimum absolute atomic E-state index is 0.0421. The van der Waals surface area contributed by atoms with Gasteiger partial charge in [0.15, 0.2) is 0 Å². The van der Waals surface area contributed by atoms with Crippen molar-refractivity contribution in [3.8, 4) is 0 Å². The lowest BCUT2D eigenvalue weighted by atomic mass is 9.92. The quantitative estimate of drug-likeness (QED) is 0.888. The number of nitrogens with zero attached hydrogens (tertiary/aromatic N) is 1. The third-order valence-corrected chi connectivity index (χ3v) is 4.52. The first-order valence-corrected chi connectivity index (χ1v) is 8.44. The van der Waals surface area contributed by atoms with Gasteiger partial charge in [-0.15, -0.1) is 0 Å². The lowest BCUT2D eigenvalue weighted by Crippen LogP contribution is -2.45. The lowest BCUT2D eigenvalue weighted by molar-refractivity contribution is -0.121. The molecule has 2 heterocycles. The molecular weight excluding hydrogens is 318 g/mol. The molecule has 2 amide bonds. The lowest BCUT2D eigenvalue weighted by Gasteiger charge is -2.37. The van der Waals surface area contributed by atoms with Crippen LogP contribution >= 0.6 is 0 Å². The molecule has 0 fully saturated rings. The summed E-state index contributed by atoms with van der Waals surface area (Å²) in [7, 11) is 0. The Kier molecular flexibility index (Phi) is 4.97. The fourth-order valence-corrected chi connectivity index (χ4v) is 3.16. The van der Waals surface area contributed by atoms with Crippen LogP contribution in [0.3, 0.4) is 0 Å². The predicted molar refractivity (Wildman–Crippen MR) is 94.3 cm³/mol. The van der Waals surface area contributed by atoms with E-state index in [1.54, 1.807) is 11.8 Å². The van der Waals surface area contributed by atoms with E-state index >= 15 is 0 Å². The van der Waals surface area contributed by atoms with Gasteiger partial charge >= 0.3 is 0 Å². The molecule has 6 heteroatoms. The summed E-state index contributed by atoms with van der Waals surface area (Å²) in [6.45, 7) is 2.74. The number of H-pyrrole nitrogens is 1. The molecule has 1 aromatic carbocycles. The second-order valence-corrected chi connectivity index (χ2v) is 6.06. The van der Waals surface area contributed by atoms with Crippen LogP contribution in [0.4, 0.5) is 0 Å². The van der Waals surface area contributed by atoms with Crippen molar-refractivity contribution in [2.45, 2.75) is 25.8 Å². The van der Waals surface area contributed by atoms with E-state index in [0.717, 1.165) is 12.0 Å². The van der Waals surface area contributed by atoms with E-state index in [1.807, 2.05) is 18.2 Å². The van der Waals surface area contributed by atoms with E-state index in [9.17, 15) is 14.4 Å². The van der Waals surface area contributed by atoms with E-state index in [1.165, 1.54) is 23.9 Å². The molecule has 2 N–H and O–H groups in total. The summed E-state index contributed by atoms with van der Waals surface area (Å²) in [6, 6.07) is 10.7. The molecule has 0 radical (unpaired) electrons. The van der Waals surface area contributed by atoms with E-state index in [0.29, 0.717) is 25.1 Å². The molecular formula is C19H21N3O3. The normalized spacial score (nSPS) is 16.2. The van der Waals surface area contributed by atoms with E-state index in [-0.39, 0.29) is 23.4 Å². The zero-order valence-corrected chi connectivity index (χ0v) is 14.1. The van der Waals surface area contributed by atoms with Gasteiger partial charge in [-0.2, -0.15) is 0 Å². The van der Waals surface area contributed by atoms with Gasteiger partial charge in [-0.05, 0) is 23.6 Å². The summed E-state index contributed by atoms with van der Waals surface area (Å²) in [6.07, 6.45) is 2.61. The molecule has 0 saturated heterocycles. The van der Waals surface area contributed by atoms with Gasteiger partial charge in [0.25, 0.3) is 5.91 Å². The van der Waals surface area contributed by atoms with Gasteiger partial charge in [-0.1, -0.05) is 31.2 Å². The number of nitrogens with one attached hydrogen (secondary N) is 2. The van der Waals surface area contributed by atoms with Crippen molar-refractivity contribution >= 4 is 11.8 Å². The van der Waals surface area contributed by atoms with Crippen molar-refractivity contribution in [1.29, 1.82) is 0 Å². The molecule has 1 aromatic heterocycles. The van der Waals surface area contributed by atoms with Gasteiger partial charge in [0.2, 0.25) is 11.5 Å². The van der Waals surface area contributed by atoms with Crippen LogP contribution in [0, 0.1) is 0 Å². The minimum atomic E-state index is -0.243. The summed E-state index contributed by atoms with van der Waals surface area (Å²) >= 11 is 0. The van der Waals surface area contributed by atoms with Crippen molar-refractivity contribution in [2.75, 3.05) is 13.1 Å². The number of pyridine rings is 1. The number of hydrogen-bond donors (Lipinski definition) is 2. The maximum Gasteiger partial charge on any atom is 0.255 e. The molecule has 25 heavy (non-hydrogen) atoms. The Morgan fingerprint density at radius 1 is 1.24 bits per heavy atom. The SMILES string of the molecule is CCC(=O)NCC1c2ccccc2CCN1C(=O)c1ccc(=O)[nH]c1. The number of aromatic amines is 1. The molecule has 1 unspecified atom stereocenters. The van der Waals surface area contributed by atoms with E-state index < -0.39 is 0 Å². The molecule has 1 atom stereocenters. The highest BCUT2D eigenvalue weighted by Gasteiger charge is 2.31. The zero-order valence-electron chi connectivity index (χ0n) is 14.1. The molecule has 1 aliphatic rings. The smallest absolute Gasteiger partial charge is 0.255 e. The van der Waals surface area contributed by atoms with Crippen LogP contribution in [0.1, 0.15) is 40.9 Å². The summed E-state index contributed by atoms with van der Waals surface area (Å²) in [5.41, 5.74) is 2.45. The van der Waals surface area contributed by atoms with Crippen LogP contribution in [-0.4, -0.2) is 34.8 Å². The van der Waals surface area contributed by atoms with E-state index in [2.05, 4.69) is 16.4 Å². The van der Waals surface area contributed by atoms with Crippen LogP contribution in [0.15, 0.2) is 47.4 Å². The van der Waals surface area contributed by atoms with Crippen molar-refractivity contribution < 1.29 is 9.59 Å². The van der Waals surface area contributed by atoms with Crippen LogP contribution in [-0.2, 0) is 11.2 Å². The number of aromatic nitrogens is 1. The van der Waals surface area contributed by atoms with Gasteiger partial charge in [-0.25, -0.2) is 0 Å². The molecule has 2 aromatic rings. The average Bonchev–Trinajstić information content (AvgIpc) is 2.65. The van der Waals surface area contributed by atoms with Crippen LogP contribution in [0.25, 0.3) is 0 Å². The topological polar surface area (TPSA) is 82.3 Å². The fourth-order valence-electron chi connectivity index (χ4n) is 3.16. The molecule has 6 nitrogen and oxygen atoms in total. The molecule has 0 bridgehead atoms. The Hall–Kier alpha value is -2.89. The van der Waals surface area contributed by atoms with Gasteiger partial charge in [0.05, 0.1) is 11.6 Å². The number of amides is 2. The van der Waals surface area contributed by atoms with Crippen molar-refractivity contribution in [3.05, 3.63) is 69.6 Å². The number of carbonyl (C=O) groups excluding carboxylic acids is 2. The van der Waals surface area contributed by atoms with Crippen LogP contribution in [0.5, 0.6) is 0 Å². The highest BCUT2D eigenvalue weighted by atomic mass is 16.2. The van der Waals surface area contributed by atoms with Gasteiger partial charge < -0.3 is 15.2 Å². The first-order valence-electron chi connectivity index (χ1n) is 8.44. The molecule has 3 rings (SSSR count). The minimum Gasteiger partial charge on any atom is -0.354 e. The monoisotopic (exact) mass is 339 g/mol. The van der Waals surface area contributed by atoms with Crippen molar-refractivity contribution in [1.82, 2.24) is 15.2 Å². The van der Waals surface area contributed by atoms with Gasteiger partial charge in [0.1, 0.15) is 0 Å². The maximum atomic E-state index is 12.9. The third kappa shape index (κ3) is 3.63.